The molecule has 0 atom stereocenters. The van der Waals surface area contributed by atoms with Crippen molar-refractivity contribution < 1.29 is 32.5 Å². The summed E-state index contributed by atoms with van der Waals surface area (Å²) in [5, 5.41) is 8.87. The van der Waals surface area contributed by atoms with E-state index in [1.807, 2.05) is 0 Å². The molecule has 0 aliphatic rings. The van der Waals surface area contributed by atoms with Gasteiger partial charge in [-0.15, -0.1) is 0 Å². The van der Waals surface area contributed by atoms with Crippen LogP contribution < -0.4 is 9.47 Å². The Labute approximate surface area is 101 Å². The first-order valence-corrected chi connectivity index (χ1v) is 5.03. The van der Waals surface area contributed by atoms with E-state index in [0.717, 1.165) is 12.1 Å². The molecule has 0 spiro atoms. The summed E-state index contributed by atoms with van der Waals surface area (Å²) in [5.41, 5.74) is -0.370. The lowest BCUT2D eigenvalue weighted by atomic mass is 10.2. The Kier molecular flexibility index (Phi) is 4.41. The van der Waals surface area contributed by atoms with Gasteiger partial charge in [0.15, 0.2) is 6.61 Å². The van der Waals surface area contributed by atoms with Crippen molar-refractivity contribution in [1.82, 2.24) is 0 Å². The Morgan fingerprint density at radius 1 is 1.33 bits per heavy atom. The number of hydrogen-bond donors (Lipinski definition) is 1. The van der Waals surface area contributed by atoms with Crippen molar-refractivity contribution in [2.24, 2.45) is 0 Å². The lowest BCUT2D eigenvalue weighted by Gasteiger charge is -2.12. The fourth-order valence-electron chi connectivity index (χ4n) is 1.22. The van der Waals surface area contributed by atoms with Gasteiger partial charge >= 0.3 is 12.1 Å². The van der Waals surface area contributed by atoms with Crippen molar-refractivity contribution in [2.45, 2.75) is 13.1 Å². The fourth-order valence-corrected chi connectivity index (χ4v) is 1.22. The molecule has 0 radical (unpaired) electrons. The van der Waals surface area contributed by atoms with E-state index in [4.69, 9.17) is 9.84 Å². The number of carbonyl (C=O) groups is 1. The van der Waals surface area contributed by atoms with Crippen molar-refractivity contribution in [3.05, 3.63) is 23.8 Å². The van der Waals surface area contributed by atoms with Gasteiger partial charge in [0.05, 0.1) is 6.61 Å². The van der Waals surface area contributed by atoms with Gasteiger partial charge in [0.25, 0.3) is 0 Å². The molecule has 0 saturated heterocycles. The van der Waals surface area contributed by atoms with Crippen LogP contribution in [0, 0.1) is 0 Å². The van der Waals surface area contributed by atoms with Crippen LogP contribution in [0.2, 0.25) is 0 Å². The highest BCUT2D eigenvalue weighted by molar-refractivity contribution is 5.91. The average Bonchev–Trinajstić information content (AvgIpc) is 2.26. The second-order valence-electron chi connectivity index (χ2n) is 3.30. The summed E-state index contributed by atoms with van der Waals surface area (Å²) in [6.07, 6.45) is -4.52. The molecule has 4 nitrogen and oxygen atoms in total. The van der Waals surface area contributed by atoms with E-state index in [9.17, 15) is 18.0 Å². The third-order valence-electron chi connectivity index (χ3n) is 1.88. The standard InChI is InChI=1S/C11H11F3O4/c1-2-17-7-3-4-9(8(5-7)10(15)16)18-6-11(12,13)14/h3-5H,2,6H2,1H3,(H,15,16). The summed E-state index contributed by atoms with van der Waals surface area (Å²) < 4.78 is 45.4. The van der Waals surface area contributed by atoms with Gasteiger partial charge in [0, 0.05) is 0 Å². The summed E-state index contributed by atoms with van der Waals surface area (Å²) in [7, 11) is 0. The van der Waals surface area contributed by atoms with E-state index in [1.165, 1.54) is 6.07 Å². The Bertz CT molecular complexity index is 429. The predicted octanol–water partition coefficient (Wildman–Crippen LogP) is 2.72. The van der Waals surface area contributed by atoms with Crippen LogP contribution in [-0.4, -0.2) is 30.5 Å². The smallest absolute Gasteiger partial charge is 0.422 e. The molecule has 0 saturated carbocycles. The van der Waals surface area contributed by atoms with Gasteiger partial charge in [-0.2, -0.15) is 13.2 Å². The lowest BCUT2D eigenvalue weighted by molar-refractivity contribution is -0.153. The molecule has 0 bridgehead atoms. The zero-order chi connectivity index (χ0) is 13.8. The number of aromatic carboxylic acids is 1. The number of carboxylic acid groups (broad SMARTS) is 1. The molecular formula is C11H11F3O4. The number of halogens is 3. The molecule has 0 heterocycles. The van der Waals surface area contributed by atoms with Gasteiger partial charge < -0.3 is 14.6 Å². The van der Waals surface area contributed by atoms with Gasteiger partial charge in [0.2, 0.25) is 0 Å². The molecule has 1 N–H and O–H groups in total. The number of hydrogen-bond acceptors (Lipinski definition) is 3. The third kappa shape index (κ3) is 4.15. The largest absolute Gasteiger partial charge is 0.494 e. The molecule has 1 aromatic carbocycles. The maximum Gasteiger partial charge on any atom is 0.422 e. The van der Waals surface area contributed by atoms with E-state index < -0.39 is 18.8 Å². The van der Waals surface area contributed by atoms with Crippen LogP contribution in [0.5, 0.6) is 11.5 Å². The fraction of sp³-hybridized carbons (Fsp3) is 0.364. The van der Waals surface area contributed by atoms with Crippen LogP contribution in [0.25, 0.3) is 0 Å². The van der Waals surface area contributed by atoms with Gasteiger partial charge in [-0.1, -0.05) is 0 Å². The molecule has 0 fully saturated rings. The SMILES string of the molecule is CCOc1ccc(OCC(F)(F)F)c(C(=O)O)c1. The highest BCUT2D eigenvalue weighted by Crippen LogP contribution is 2.26. The van der Waals surface area contributed by atoms with Crippen LogP contribution in [0.4, 0.5) is 13.2 Å². The van der Waals surface area contributed by atoms with Crippen LogP contribution in [0.15, 0.2) is 18.2 Å². The minimum Gasteiger partial charge on any atom is -0.494 e. The predicted molar refractivity (Wildman–Crippen MR) is 56.1 cm³/mol. The first-order chi connectivity index (χ1) is 8.33. The van der Waals surface area contributed by atoms with E-state index in [2.05, 4.69) is 4.74 Å². The molecule has 0 aliphatic heterocycles. The number of ether oxygens (including phenoxy) is 2. The molecule has 0 unspecified atom stereocenters. The summed E-state index contributed by atoms with van der Waals surface area (Å²) in [5.74, 6) is -1.47. The van der Waals surface area contributed by atoms with Crippen molar-refractivity contribution >= 4 is 5.97 Å². The highest BCUT2D eigenvalue weighted by atomic mass is 19.4. The normalized spacial score (nSPS) is 11.1. The highest BCUT2D eigenvalue weighted by Gasteiger charge is 2.29. The molecule has 7 heteroatoms. The Morgan fingerprint density at radius 2 is 2.00 bits per heavy atom. The lowest BCUT2D eigenvalue weighted by Crippen LogP contribution is -2.20. The number of carboxylic acids is 1. The average molecular weight is 264 g/mol. The Hall–Kier alpha value is -1.92. The van der Waals surface area contributed by atoms with Crippen molar-refractivity contribution in [3.63, 3.8) is 0 Å². The maximum atomic E-state index is 12.0. The molecular weight excluding hydrogens is 253 g/mol. The first kappa shape index (κ1) is 14.1. The summed E-state index contributed by atoms with van der Waals surface area (Å²) >= 11 is 0. The topological polar surface area (TPSA) is 55.8 Å². The molecule has 1 aromatic rings. The van der Waals surface area contributed by atoms with Crippen LogP contribution in [0.3, 0.4) is 0 Å². The second kappa shape index (κ2) is 5.61. The molecule has 0 aliphatic carbocycles. The first-order valence-electron chi connectivity index (χ1n) is 5.03. The summed E-state index contributed by atoms with van der Waals surface area (Å²) in [6.45, 7) is 0.484. The molecule has 100 valence electrons. The van der Waals surface area contributed by atoms with Crippen LogP contribution in [-0.2, 0) is 0 Å². The quantitative estimate of drug-likeness (QED) is 0.888. The zero-order valence-corrected chi connectivity index (χ0v) is 9.45. The van der Waals surface area contributed by atoms with Crippen molar-refractivity contribution in [2.75, 3.05) is 13.2 Å². The molecule has 0 aromatic heterocycles. The van der Waals surface area contributed by atoms with Gasteiger partial charge in [-0.05, 0) is 25.1 Å². The van der Waals surface area contributed by atoms with Gasteiger partial charge in [-0.25, -0.2) is 4.79 Å². The van der Waals surface area contributed by atoms with E-state index in [-0.39, 0.29) is 17.1 Å². The summed E-state index contributed by atoms with van der Waals surface area (Å²) in [4.78, 5) is 10.9. The van der Waals surface area contributed by atoms with Crippen molar-refractivity contribution in [1.29, 1.82) is 0 Å². The number of rotatable bonds is 5. The van der Waals surface area contributed by atoms with E-state index in [0.29, 0.717) is 6.61 Å². The van der Waals surface area contributed by atoms with E-state index >= 15 is 0 Å². The number of alkyl halides is 3. The van der Waals surface area contributed by atoms with Gasteiger partial charge in [-0.3, -0.25) is 0 Å². The van der Waals surface area contributed by atoms with Gasteiger partial charge in [0.1, 0.15) is 17.1 Å². The third-order valence-corrected chi connectivity index (χ3v) is 1.88. The monoisotopic (exact) mass is 264 g/mol. The minimum atomic E-state index is -4.52. The van der Waals surface area contributed by atoms with Crippen LogP contribution >= 0.6 is 0 Å². The zero-order valence-electron chi connectivity index (χ0n) is 9.45. The molecule has 18 heavy (non-hydrogen) atoms. The number of benzene rings is 1. The van der Waals surface area contributed by atoms with Crippen LogP contribution in [0.1, 0.15) is 17.3 Å². The molecule has 1 rings (SSSR count). The maximum absolute atomic E-state index is 12.0. The van der Waals surface area contributed by atoms with E-state index in [1.54, 1.807) is 6.92 Å². The molecule has 0 amide bonds. The second-order valence-corrected chi connectivity index (χ2v) is 3.30. The Balaban J connectivity index is 2.93. The summed E-state index contributed by atoms with van der Waals surface area (Å²) in [6, 6.07) is 3.61. The Morgan fingerprint density at radius 3 is 2.50 bits per heavy atom. The van der Waals surface area contributed by atoms with Crippen molar-refractivity contribution in [3.8, 4) is 11.5 Å². The minimum absolute atomic E-state index is 0.259.